The van der Waals surface area contributed by atoms with Crippen LogP contribution in [0.5, 0.6) is 0 Å². The average molecular weight is 439 g/mol. The summed E-state index contributed by atoms with van der Waals surface area (Å²) in [4.78, 5) is 25.7. The molecule has 3 heterocycles. The first-order valence-corrected chi connectivity index (χ1v) is 11.6. The molecular formula is C23H22N2O5S. The first-order valence-electron chi connectivity index (χ1n) is 10.2. The van der Waals surface area contributed by atoms with Crippen molar-refractivity contribution in [1.29, 1.82) is 0 Å². The molecule has 2 fully saturated rings. The molecule has 0 radical (unpaired) electrons. The second-order valence-electron chi connectivity index (χ2n) is 8.23. The Morgan fingerprint density at radius 3 is 2.52 bits per heavy atom. The third kappa shape index (κ3) is 3.36. The Balaban J connectivity index is 1.46. The fourth-order valence-electron chi connectivity index (χ4n) is 4.96. The van der Waals surface area contributed by atoms with Crippen LogP contribution in [0.4, 0.5) is 0 Å². The molecule has 0 saturated carbocycles. The van der Waals surface area contributed by atoms with Crippen LogP contribution in [-0.2, 0) is 14.8 Å². The van der Waals surface area contributed by atoms with E-state index in [9.17, 15) is 18.0 Å². The molecule has 3 aromatic rings. The first-order chi connectivity index (χ1) is 14.8. The minimum Gasteiger partial charge on any atom is -0.423 e. The van der Waals surface area contributed by atoms with Gasteiger partial charge in [-0.1, -0.05) is 30.3 Å². The predicted octanol–water partition coefficient (Wildman–Crippen LogP) is 2.63. The molecule has 8 heteroatoms. The van der Waals surface area contributed by atoms with Crippen LogP contribution >= 0.6 is 0 Å². The zero-order valence-corrected chi connectivity index (χ0v) is 17.8. The Morgan fingerprint density at radius 2 is 1.77 bits per heavy atom. The molecule has 5 rings (SSSR count). The summed E-state index contributed by atoms with van der Waals surface area (Å²) in [5.41, 5.74) is 0.911. The number of rotatable bonds is 3. The second-order valence-corrected chi connectivity index (χ2v) is 10.2. The van der Waals surface area contributed by atoms with Gasteiger partial charge in [-0.2, -0.15) is 4.31 Å². The van der Waals surface area contributed by atoms with Gasteiger partial charge in [0, 0.05) is 43.9 Å². The number of fused-ring (bicyclic) bond motifs is 2. The molecule has 2 saturated heterocycles. The van der Waals surface area contributed by atoms with Crippen LogP contribution in [0.15, 0.2) is 74.8 Å². The van der Waals surface area contributed by atoms with E-state index in [0.717, 1.165) is 5.56 Å². The van der Waals surface area contributed by atoms with Gasteiger partial charge in [-0.15, -0.1) is 0 Å². The lowest BCUT2D eigenvalue weighted by molar-refractivity contribution is -0.130. The van der Waals surface area contributed by atoms with E-state index in [4.69, 9.17) is 4.42 Å². The Hall–Kier alpha value is -2.97. The topological polar surface area (TPSA) is 87.9 Å². The quantitative estimate of drug-likeness (QED) is 0.587. The van der Waals surface area contributed by atoms with Crippen molar-refractivity contribution in [1.82, 2.24) is 9.21 Å². The highest BCUT2D eigenvalue weighted by Crippen LogP contribution is 2.46. The van der Waals surface area contributed by atoms with Gasteiger partial charge in [0.1, 0.15) is 5.58 Å². The summed E-state index contributed by atoms with van der Waals surface area (Å²) in [6.07, 6.45) is 0. The number of carbonyl (C=O) groups is 1. The zero-order chi connectivity index (χ0) is 21.8. The van der Waals surface area contributed by atoms with Crippen LogP contribution < -0.4 is 5.63 Å². The number of benzene rings is 2. The van der Waals surface area contributed by atoms with E-state index in [1.54, 1.807) is 13.0 Å². The molecule has 0 aliphatic carbocycles. The molecule has 0 unspecified atom stereocenters. The Kier molecular flexibility index (Phi) is 4.71. The Labute approximate surface area is 179 Å². The summed E-state index contributed by atoms with van der Waals surface area (Å²) < 4.78 is 33.4. The molecule has 160 valence electrons. The molecule has 7 nitrogen and oxygen atoms in total. The van der Waals surface area contributed by atoms with Crippen LogP contribution in [0.25, 0.3) is 11.0 Å². The highest BCUT2D eigenvalue weighted by atomic mass is 32.2. The van der Waals surface area contributed by atoms with Crippen LogP contribution in [0.3, 0.4) is 0 Å². The maximum atomic E-state index is 13.4. The normalized spacial score (nSPS) is 23.9. The Morgan fingerprint density at radius 1 is 1.00 bits per heavy atom. The fraction of sp³-hybridized carbons (Fsp3) is 0.304. The predicted molar refractivity (Wildman–Crippen MR) is 115 cm³/mol. The molecule has 2 aromatic carbocycles. The first kappa shape index (κ1) is 20.0. The maximum absolute atomic E-state index is 13.4. The number of amides is 1. The van der Waals surface area contributed by atoms with Crippen molar-refractivity contribution in [2.45, 2.75) is 17.9 Å². The van der Waals surface area contributed by atoms with E-state index in [1.165, 1.54) is 28.6 Å². The smallest absolute Gasteiger partial charge is 0.336 e. The number of likely N-dealkylation sites (tertiary alicyclic amines) is 1. The zero-order valence-electron chi connectivity index (χ0n) is 17.0. The molecule has 1 amide bonds. The van der Waals surface area contributed by atoms with Crippen molar-refractivity contribution in [3.8, 4) is 0 Å². The summed E-state index contributed by atoms with van der Waals surface area (Å²) >= 11 is 0. The molecule has 31 heavy (non-hydrogen) atoms. The van der Waals surface area contributed by atoms with E-state index in [2.05, 4.69) is 0 Å². The highest BCUT2D eigenvalue weighted by molar-refractivity contribution is 7.89. The molecule has 0 spiro atoms. The molecule has 1 aromatic heterocycles. The van der Waals surface area contributed by atoms with Gasteiger partial charge < -0.3 is 9.32 Å². The van der Waals surface area contributed by atoms with Crippen LogP contribution in [-0.4, -0.2) is 43.2 Å². The number of sulfonamides is 1. The number of hydrogen-bond acceptors (Lipinski definition) is 5. The van der Waals surface area contributed by atoms with Crippen LogP contribution in [0, 0.1) is 11.8 Å². The molecule has 0 bridgehead atoms. The van der Waals surface area contributed by atoms with Crippen molar-refractivity contribution in [3.63, 3.8) is 0 Å². The third-order valence-electron chi connectivity index (χ3n) is 6.40. The van der Waals surface area contributed by atoms with Gasteiger partial charge >= 0.3 is 5.63 Å². The van der Waals surface area contributed by atoms with Gasteiger partial charge in [0.25, 0.3) is 0 Å². The van der Waals surface area contributed by atoms with Gasteiger partial charge in [-0.05, 0) is 35.7 Å². The van der Waals surface area contributed by atoms with Gasteiger partial charge in [0.15, 0.2) is 0 Å². The summed E-state index contributed by atoms with van der Waals surface area (Å²) in [6, 6.07) is 17.1. The molecule has 2 aliphatic heterocycles. The van der Waals surface area contributed by atoms with E-state index < -0.39 is 15.6 Å². The average Bonchev–Trinajstić information content (AvgIpc) is 3.32. The van der Waals surface area contributed by atoms with Crippen molar-refractivity contribution in [3.05, 3.63) is 76.6 Å². The van der Waals surface area contributed by atoms with E-state index in [-0.39, 0.29) is 28.7 Å². The minimum absolute atomic E-state index is 0.00804. The highest BCUT2D eigenvalue weighted by Gasteiger charge is 2.50. The van der Waals surface area contributed by atoms with Crippen LogP contribution in [0.1, 0.15) is 18.5 Å². The monoisotopic (exact) mass is 438 g/mol. The van der Waals surface area contributed by atoms with Crippen molar-refractivity contribution >= 4 is 26.9 Å². The summed E-state index contributed by atoms with van der Waals surface area (Å²) in [5, 5.41) is 0.560. The largest absolute Gasteiger partial charge is 0.423 e. The summed E-state index contributed by atoms with van der Waals surface area (Å²) in [6.45, 7) is 2.85. The molecule has 0 N–H and O–H groups in total. The maximum Gasteiger partial charge on any atom is 0.336 e. The lowest BCUT2D eigenvalue weighted by atomic mass is 9.89. The fourth-order valence-corrected chi connectivity index (χ4v) is 6.53. The van der Waals surface area contributed by atoms with Crippen molar-refractivity contribution in [2.24, 2.45) is 11.8 Å². The summed E-state index contributed by atoms with van der Waals surface area (Å²) in [5.74, 6) is 0.135. The molecular weight excluding hydrogens is 416 g/mol. The molecule has 2 aliphatic rings. The standard InChI is InChI=1S/C23H22N2O5S/c1-15(26)25-13-18-12-24(14-20(18)23(25)16-5-3-2-4-6-16)31(28,29)19-8-9-21-17(11-19)7-10-22(27)30-21/h2-11,18,20,23H,12-14H2,1H3/t18-,20-,23-/m1/s1. The van der Waals surface area contributed by atoms with E-state index >= 15 is 0 Å². The van der Waals surface area contributed by atoms with Gasteiger partial charge in [-0.3, -0.25) is 4.79 Å². The van der Waals surface area contributed by atoms with Crippen molar-refractivity contribution in [2.75, 3.05) is 19.6 Å². The van der Waals surface area contributed by atoms with E-state index in [0.29, 0.717) is 30.6 Å². The minimum atomic E-state index is -3.72. The second kappa shape index (κ2) is 7.32. The van der Waals surface area contributed by atoms with E-state index in [1.807, 2.05) is 35.2 Å². The lowest BCUT2D eigenvalue weighted by Crippen LogP contribution is -2.36. The summed E-state index contributed by atoms with van der Waals surface area (Å²) in [7, 11) is -3.72. The van der Waals surface area contributed by atoms with Crippen LogP contribution in [0.2, 0.25) is 0 Å². The van der Waals surface area contributed by atoms with Gasteiger partial charge in [0.2, 0.25) is 15.9 Å². The SMILES string of the molecule is CC(=O)N1C[C@H]2CN(S(=O)(=O)c3ccc4oc(=O)ccc4c3)C[C@H]2[C@H]1c1ccccc1. The number of carbonyl (C=O) groups excluding carboxylic acids is 1. The molecule has 3 atom stereocenters. The third-order valence-corrected chi connectivity index (χ3v) is 8.23. The van der Waals surface area contributed by atoms with Gasteiger partial charge in [0.05, 0.1) is 10.9 Å². The van der Waals surface area contributed by atoms with Gasteiger partial charge in [-0.25, -0.2) is 13.2 Å². The van der Waals surface area contributed by atoms with Crippen molar-refractivity contribution < 1.29 is 17.6 Å². The number of hydrogen-bond donors (Lipinski definition) is 0. The number of nitrogens with zero attached hydrogens (tertiary/aromatic N) is 2. The Bertz CT molecular complexity index is 1320. The lowest BCUT2D eigenvalue weighted by Gasteiger charge is -2.29.